The van der Waals surface area contributed by atoms with Crippen LogP contribution in [0.25, 0.3) is 6.08 Å². The first-order valence-corrected chi connectivity index (χ1v) is 8.38. The van der Waals surface area contributed by atoms with Gasteiger partial charge in [0.25, 0.3) is 0 Å². The van der Waals surface area contributed by atoms with Crippen LogP contribution in [0.1, 0.15) is 24.4 Å². The lowest BCUT2D eigenvalue weighted by Crippen LogP contribution is -2.43. The fraction of sp³-hybridized carbons (Fsp3) is 0.471. The van der Waals surface area contributed by atoms with E-state index in [9.17, 15) is 9.90 Å². The number of aryl methyl sites for hydroxylation is 1. The summed E-state index contributed by atoms with van der Waals surface area (Å²) in [5, 5.41) is 18.2. The first kappa shape index (κ1) is 17.4. The predicted octanol–water partition coefficient (Wildman–Crippen LogP) is 0.813. The Morgan fingerprint density at radius 1 is 1.52 bits per heavy atom. The summed E-state index contributed by atoms with van der Waals surface area (Å²) in [5.41, 5.74) is 0.867. The zero-order chi connectivity index (χ0) is 17.8. The average molecular weight is 345 g/mol. The number of likely N-dealkylation sites (N-methyl/N-ethyl adjacent to an activating group) is 1. The van der Waals surface area contributed by atoms with Crippen LogP contribution in [-0.4, -0.2) is 67.8 Å². The van der Waals surface area contributed by atoms with Crippen molar-refractivity contribution in [2.75, 3.05) is 19.6 Å². The number of aromatic nitrogens is 3. The van der Waals surface area contributed by atoms with E-state index in [-0.39, 0.29) is 11.9 Å². The fourth-order valence-electron chi connectivity index (χ4n) is 3.06. The van der Waals surface area contributed by atoms with Crippen LogP contribution in [0.2, 0.25) is 0 Å². The third-order valence-corrected chi connectivity index (χ3v) is 4.38. The summed E-state index contributed by atoms with van der Waals surface area (Å²) in [7, 11) is 0. The molecule has 0 aromatic carbocycles. The summed E-state index contributed by atoms with van der Waals surface area (Å²) in [6.07, 6.45) is 4.46. The average Bonchev–Trinajstić information content (AvgIpc) is 3.32. The van der Waals surface area contributed by atoms with Crippen LogP contribution in [0.4, 0.5) is 0 Å². The Kier molecular flexibility index (Phi) is 5.30. The van der Waals surface area contributed by atoms with Gasteiger partial charge in [-0.1, -0.05) is 6.92 Å². The van der Waals surface area contributed by atoms with E-state index in [4.69, 9.17) is 4.42 Å². The number of aliphatic hydroxyl groups excluding tert-OH is 1. The van der Waals surface area contributed by atoms with Crippen molar-refractivity contribution in [3.05, 3.63) is 41.9 Å². The monoisotopic (exact) mass is 345 g/mol. The highest BCUT2D eigenvalue weighted by molar-refractivity contribution is 5.91. The van der Waals surface area contributed by atoms with Crippen LogP contribution >= 0.6 is 0 Å². The van der Waals surface area contributed by atoms with Crippen LogP contribution in [0.5, 0.6) is 0 Å². The van der Waals surface area contributed by atoms with E-state index in [0.717, 1.165) is 5.69 Å². The van der Waals surface area contributed by atoms with Crippen LogP contribution in [0, 0.1) is 6.92 Å². The minimum absolute atomic E-state index is 0.110. The number of aromatic amines is 1. The third kappa shape index (κ3) is 4.15. The van der Waals surface area contributed by atoms with E-state index in [1.165, 1.54) is 6.08 Å². The smallest absolute Gasteiger partial charge is 0.246 e. The van der Waals surface area contributed by atoms with Crippen LogP contribution in [-0.2, 0) is 11.3 Å². The SMILES string of the molecule is CCN(Cc1nnc(C)o1)C1CN(C(=O)/C=C/c2ccc[nH]2)C[C@H]1O. The van der Waals surface area contributed by atoms with Crippen LogP contribution in [0.15, 0.2) is 28.8 Å². The highest BCUT2D eigenvalue weighted by atomic mass is 16.4. The quantitative estimate of drug-likeness (QED) is 0.752. The van der Waals surface area contributed by atoms with Gasteiger partial charge in [0.15, 0.2) is 0 Å². The summed E-state index contributed by atoms with van der Waals surface area (Å²) in [6, 6.07) is 3.61. The molecule has 134 valence electrons. The summed E-state index contributed by atoms with van der Waals surface area (Å²) >= 11 is 0. The molecule has 1 aliphatic rings. The Hall–Kier alpha value is -2.45. The normalized spacial score (nSPS) is 20.9. The molecule has 3 rings (SSSR count). The molecule has 1 amide bonds. The van der Waals surface area contributed by atoms with Gasteiger partial charge in [0.1, 0.15) is 0 Å². The van der Waals surface area contributed by atoms with E-state index < -0.39 is 6.10 Å². The molecule has 1 unspecified atom stereocenters. The number of rotatable bonds is 6. The molecule has 8 heteroatoms. The zero-order valence-corrected chi connectivity index (χ0v) is 14.4. The number of H-pyrrole nitrogens is 1. The number of nitrogens with zero attached hydrogens (tertiary/aromatic N) is 4. The summed E-state index contributed by atoms with van der Waals surface area (Å²) in [5.74, 6) is 0.924. The molecule has 2 N–H and O–H groups in total. The van der Waals surface area contributed by atoms with Crippen molar-refractivity contribution in [3.63, 3.8) is 0 Å². The van der Waals surface area contributed by atoms with Gasteiger partial charge in [-0.05, 0) is 24.8 Å². The van der Waals surface area contributed by atoms with E-state index >= 15 is 0 Å². The Labute approximate surface area is 146 Å². The maximum atomic E-state index is 12.4. The van der Waals surface area contributed by atoms with Crippen molar-refractivity contribution < 1.29 is 14.3 Å². The molecule has 8 nitrogen and oxygen atoms in total. The second-order valence-corrected chi connectivity index (χ2v) is 6.11. The Morgan fingerprint density at radius 3 is 3.00 bits per heavy atom. The summed E-state index contributed by atoms with van der Waals surface area (Å²) in [4.78, 5) is 19.1. The van der Waals surface area contributed by atoms with Gasteiger partial charge >= 0.3 is 0 Å². The molecule has 0 saturated carbocycles. The second kappa shape index (κ2) is 7.62. The number of nitrogens with one attached hydrogen (secondary N) is 1. The Morgan fingerprint density at radius 2 is 2.36 bits per heavy atom. The minimum Gasteiger partial charge on any atom is -0.424 e. The van der Waals surface area contributed by atoms with Crippen molar-refractivity contribution >= 4 is 12.0 Å². The number of hydrogen-bond donors (Lipinski definition) is 2. The summed E-state index contributed by atoms with van der Waals surface area (Å²) < 4.78 is 5.42. The second-order valence-electron chi connectivity index (χ2n) is 6.11. The maximum absolute atomic E-state index is 12.4. The van der Waals surface area contributed by atoms with Crippen molar-refractivity contribution in [3.8, 4) is 0 Å². The number of likely N-dealkylation sites (tertiary alicyclic amines) is 1. The number of aliphatic hydroxyl groups is 1. The maximum Gasteiger partial charge on any atom is 0.246 e. The number of hydrogen-bond acceptors (Lipinski definition) is 6. The molecule has 0 radical (unpaired) electrons. The van der Waals surface area contributed by atoms with E-state index in [0.29, 0.717) is 38.0 Å². The Balaban J connectivity index is 1.62. The predicted molar refractivity (Wildman–Crippen MR) is 91.3 cm³/mol. The minimum atomic E-state index is -0.605. The van der Waals surface area contributed by atoms with Gasteiger partial charge in [0, 0.05) is 38.0 Å². The molecule has 3 heterocycles. The number of carbonyl (C=O) groups excluding carboxylic acids is 1. The van der Waals surface area contributed by atoms with Crippen LogP contribution < -0.4 is 0 Å². The first-order valence-electron chi connectivity index (χ1n) is 8.38. The molecule has 0 aliphatic carbocycles. The lowest BCUT2D eigenvalue weighted by atomic mass is 10.2. The fourth-order valence-corrected chi connectivity index (χ4v) is 3.06. The number of carbonyl (C=O) groups is 1. The topological polar surface area (TPSA) is 98.5 Å². The van der Waals surface area contributed by atoms with Gasteiger partial charge in [-0.3, -0.25) is 9.69 Å². The van der Waals surface area contributed by atoms with Gasteiger partial charge in [-0.15, -0.1) is 10.2 Å². The van der Waals surface area contributed by atoms with Gasteiger partial charge in [0.2, 0.25) is 17.7 Å². The zero-order valence-electron chi connectivity index (χ0n) is 14.4. The lowest BCUT2D eigenvalue weighted by molar-refractivity contribution is -0.125. The van der Waals surface area contributed by atoms with Gasteiger partial charge < -0.3 is 19.4 Å². The molecule has 2 atom stereocenters. The highest BCUT2D eigenvalue weighted by Gasteiger charge is 2.37. The molecule has 2 aromatic heterocycles. The Bertz CT molecular complexity index is 724. The van der Waals surface area contributed by atoms with Crippen molar-refractivity contribution in [1.82, 2.24) is 25.0 Å². The van der Waals surface area contributed by atoms with Crippen molar-refractivity contribution in [1.29, 1.82) is 0 Å². The van der Waals surface area contributed by atoms with Gasteiger partial charge in [-0.2, -0.15) is 0 Å². The largest absolute Gasteiger partial charge is 0.424 e. The standard InChI is InChI=1S/C17H23N5O3/c1-3-21(11-16-20-19-12(2)25-16)14-9-22(10-15(14)23)17(24)7-6-13-5-4-8-18-13/h4-8,14-15,18,23H,3,9-11H2,1-2H3/b7-6+/t14?,15-/m1/s1. The molecule has 25 heavy (non-hydrogen) atoms. The van der Waals surface area contributed by atoms with Gasteiger partial charge in [0.05, 0.1) is 18.7 Å². The molecule has 0 spiro atoms. The van der Waals surface area contributed by atoms with Crippen molar-refractivity contribution in [2.24, 2.45) is 0 Å². The molecule has 0 bridgehead atoms. The molecule has 1 saturated heterocycles. The van der Waals surface area contributed by atoms with Crippen molar-refractivity contribution in [2.45, 2.75) is 32.5 Å². The van der Waals surface area contributed by atoms with Gasteiger partial charge in [-0.25, -0.2) is 0 Å². The number of amides is 1. The number of β-amino-alcohol motifs (C(OH)–C–C–N with tert-alkyl or cyclic N) is 1. The highest BCUT2D eigenvalue weighted by Crippen LogP contribution is 2.19. The van der Waals surface area contributed by atoms with Crippen LogP contribution in [0.3, 0.4) is 0 Å². The molecular formula is C17H23N5O3. The molecule has 1 fully saturated rings. The van der Waals surface area contributed by atoms with E-state index in [2.05, 4.69) is 20.1 Å². The van der Waals surface area contributed by atoms with E-state index in [1.807, 2.05) is 19.1 Å². The molecular weight excluding hydrogens is 322 g/mol. The lowest BCUT2D eigenvalue weighted by Gasteiger charge is -2.27. The van der Waals surface area contributed by atoms with E-state index in [1.54, 1.807) is 24.1 Å². The first-order chi connectivity index (χ1) is 12.1. The molecule has 1 aliphatic heterocycles. The summed E-state index contributed by atoms with van der Waals surface area (Å²) in [6.45, 7) is 5.70. The molecule has 2 aromatic rings. The third-order valence-electron chi connectivity index (χ3n) is 4.38.